The standard InChI is InChI=1S/C22H39N/c1-3-5-6-7-9-19-11-13-20(14-12-19)21-10-8-16-22(17-21,18-23)15-4-2/h19-21H,3-17H2,1-2H3. The van der Waals surface area contributed by atoms with Gasteiger partial charge in [-0.25, -0.2) is 0 Å². The maximum Gasteiger partial charge on any atom is 0.0689 e. The summed E-state index contributed by atoms with van der Waals surface area (Å²) in [5, 5.41) is 9.72. The van der Waals surface area contributed by atoms with Gasteiger partial charge >= 0.3 is 0 Å². The van der Waals surface area contributed by atoms with Gasteiger partial charge in [0.05, 0.1) is 11.5 Å². The zero-order valence-corrected chi connectivity index (χ0v) is 15.8. The van der Waals surface area contributed by atoms with Gasteiger partial charge in [0.1, 0.15) is 0 Å². The molecule has 1 heteroatoms. The van der Waals surface area contributed by atoms with E-state index in [4.69, 9.17) is 0 Å². The van der Waals surface area contributed by atoms with E-state index in [1.54, 1.807) is 0 Å². The summed E-state index contributed by atoms with van der Waals surface area (Å²) in [5.74, 6) is 2.81. The minimum atomic E-state index is 0.0364. The van der Waals surface area contributed by atoms with Crippen LogP contribution in [0.15, 0.2) is 0 Å². The average molecular weight is 318 g/mol. The SMILES string of the molecule is CCCCCCC1CCC(C2CCCC(C#N)(CCC)C2)CC1. The lowest BCUT2D eigenvalue weighted by molar-refractivity contribution is 0.103. The second kappa shape index (κ2) is 9.71. The fourth-order valence-electron chi connectivity index (χ4n) is 5.48. The third-order valence-corrected chi connectivity index (χ3v) is 6.87. The van der Waals surface area contributed by atoms with Gasteiger partial charge in [0.25, 0.3) is 0 Å². The summed E-state index contributed by atoms with van der Waals surface area (Å²) in [7, 11) is 0. The molecule has 0 saturated heterocycles. The van der Waals surface area contributed by atoms with Crippen LogP contribution in [0.1, 0.15) is 110 Å². The zero-order valence-electron chi connectivity index (χ0n) is 15.8. The first-order chi connectivity index (χ1) is 11.2. The first-order valence-electron chi connectivity index (χ1n) is 10.6. The molecular formula is C22H39N. The van der Waals surface area contributed by atoms with Crippen LogP contribution >= 0.6 is 0 Å². The molecule has 0 N–H and O–H groups in total. The Morgan fingerprint density at radius 2 is 1.70 bits per heavy atom. The molecule has 0 amide bonds. The molecule has 0 aliphatic heterocycles. The third-order valence-electron chi connectivity index (χ3n) is 6.87. The summed E-state index contributed by atoms with van der Waals surface area (Å²) in [6.07, 6.45) is 20.4. The van der Waals surface area contributed by atoms with Gasteiger partial charge in [-0.1, -0.05) is 78.1 Å². The molecule has 2 aliphatic rings. The van der Waals surface area contributed by atoms with Crippen LogP contribution in [-0.4, -0.2) is 0 Å². The second-order valence-electron chi connectivity index (χ2n) is 8.63. The van der Waals surface area contributed by atoms with Crippen molar-refractivity contribution in [2.24, 2.45) is 23.2 Å². The molecule has 0 aromatic rings. The maximum absolute atomic E-state index is 9.72. The molecule has 132 valence electrons. The van der Waals surface area contributed by atoms with E-state index >= 15 is 0 Å². The van der Waals surface area contributed by atoms with Gasteiger partial charge in [-0.15, -0.1) is 0 Å². The van der Waals surface area contributed by atoms with Gasteiger partial charge in [0.15, 0.2) is 0 Å². The van der Waals surface area contributed by atoms with E-state index in [-0.39, 0.29) is 5.41 Å². The highest BCUT2D eigenvalue weighted by atomic mass is 14.5. The summed E-state index contributed by atoms with van der Waals surface area (Å²) in [6.45, 7) is 4.54. The lowest BCUT2D eigenvalue weighted by atomic mass is 9.62. The Bertz CT molecular complexity index is 357. The van der Waals surface area contributed by atoms with Crippen molar-refractivity contribution in [3.8, 4) is 6.07 Å². The summed E-state index contributed by atoms with van der Waals surface area (Å²) in [4.78, 5) is 0. The van der Waals surface area contributed by atoms with Crippen LogP contribution in [-0.2, 0) is 0 Å². The Morgan fingerprint density at radius 1 is 0.913 bits per heavy atom. The van der Waals surface area contributed by atoms with E-state index in [2.05, 4.69) is 19.9 Å². The average Bonchev–Trinajstić information content (AvgIpc) is 2.60. The molecule has 2 rings (SSSR count). The highest BCUT2D eigenvalue weighted by Gasteiger charge is 2.39. The fraction of sp³-hybridized carbons (Fsp3) is 0.955. The van der Waals surface area contributed by atoms with Gasteiger partial charge in [-0.2, -0.15) is 5.26 Å². The molecule has 0 heterocycles. The Hall–Kier alpha value is -0.510. The van der Waals surface area contributed by atoms with Crippen LogP contribution in [0.5, 0.6) is 0 Å². The number of hydrogen-bond acceptors (Lipinski definition) is 1. The van der Waals surface area contributed by atoms with Crippen LogP contribution in [0, 0.1) is 34.5 Å². The lowest BCUT2D eigenvalue weighted by Crippen LogP contribution is -2.32. The number of nitrogens with zero attached hydrogens (tertiary/aromatic N) is 1. The van der Waals surface area contributed by atoms with Crippen molar-refractivity contribution < 1.29 is 0 Å². The van der Waals surface area contributed by atoms with E-state index in [0.717, 1.165) is 24.2 Å². The van der Waals surface area contributed by atoms with Crippen molar-refractivity contribution in [1.82, 2.24) is 0 Å². The van der Waals surface area contributed by atoms with E-state index in [9.17, 15) is 5.26 Å². The number of rotatable bonds is 8. The van der Waals surface area contributed by atoms with Gasteiger partial charge in [0.2, 0.25) is 0 Å². The van der Waals surface area contributed by atoms with E-state index in [0.29, 0.717) is 0 Å². The minimum absolute atomic E-state index is 0.0364. The normalized spacial score (nSPS) is 34.9. The number of unbranched alkanes of at least 4 members (excludes halogenated alkanes) is 3. The summed E-state index contributed by atoms with van der Waals surface area (Å²) < 4.78 is 0. The van der Waals surface area contributed by atoms with Crippen molar-refractivity contribution >= 4 is 0 Å². The molecule has 2 atom stereocenters. The Balaban J connectivity index is 1.75. The lowest BCUT2D eigenvalue weighted by Gasteiger charge is -2.41. The van der Waals surface area contributed by atoms with Crippen molar-refractivity contribution in [3.63, 3.8) is 0 Å². The van der Waals surface area contributed by atoms with E-state index < -0.39 is 0 Å². The number of nitriles is 1. The summed E-state index contributed by atoms with van der Waals surface area (Å²) >= 11 is 0. The summed E-state index contributed by atoms with van der Waals surface area (Å²) in [6, 6.07) is 2.74. The highest BCUT2D eigenvalue weighted by molar-refractivity contribution is 5.02. The van der Waals surface area contributed by atoms with Crippen LogP contribution in [0.25, 0.3) is 0 Å². The zero-order chi connectivity index (χ0) is 16.5. The van der Waals surface area contributed by atoms with Crippen molar-refractivity contribution in [3.05, 3.63) is 0 Å². The van der Waals surface area contributed by atoms with E-state index in [1.807, 2.05) is 0 Å². The molecule has 2 aliphatic carbocycles. The Labute approximate surface area is 145 Å². The second-order valence-corrected chi connectivity index (χ2v) is 8.63. The molecule has 0 radical (unpaired) electrons. The largest absolute Gasteiger partial charge is 0.198 e. The van der Waals surface area contributed by atoms with Crippen LogP contribution in [0.2, 0.25) is 0 Å². The maximum atomic E-state index is 9.72. The molecule has 1 nitrogen and oxygen atoms in total. The third kappa shape index (κ3) is 5.51. The van der Waals surface area contributed by atoms with Crippen LogP contribution < -0.4 is 0 Å². The predicted octanol–water partition coefficient (Wildman–Crippen LogP) is 7.26. The molecule has 23 heavy (non-hydrogen) atoms. The smallest absolute Gasteiger partial charge is 0.0689 e. The van der Waals surface area contributed by atoms with Crippen LogP contribution in [0.4, 0.5) is 0 Å². The topological polar surface area (TPSA) is 23.8 Å². The molecular weight excluding hydrogens is 278 g/mol. The van der Waals surface area contributed by atoms with Gasteiger partial charge in [-0.05, 0) is 49.9 Å². The molecule has 0 spiro atoms. The Morgan fingerprint density at radius 3 is 2.35 bits per heavy atom. The first-order valence-corrected chi connectivity index (χ1v) is 10.6. The van der Waals surface area contributed by atoms with Crippen LogP contribution in [0.3, 0.4) is 0 Å². The first kappa shape index (κ1) is 18.8. The molecule has 0 bridgehead atoms. The van der Waals surface area contributed by atoms with Crippen molar-refractivity contribution in [2.45, 2.75) is 110 Å². The Kier molecular flexibility index (Phi) is 7.94. The van der Waals surface area contributed by atoms with E-state index in [1.165, 1.54) is 89.9 Å². The quantitative estimate of drug-likeness (QED) is 0.432. The molecule has 2 saturated carbocycles. The van der Waals surface area contributed by atoms with Crippen molar-refractivity contribution in [2.75, 3.05) is 0 Å². The van der Waals surface area contributed by atoms with Gasteiger partial charge in [0, 0.05) is 0 Å². The van der Waals surface area contributed by atoms with Crippen molar-refractivity contribution in [1.29, 1.82) is 5.26 Å². The summed E-state index contributed by atoms with van der Waals surface area (Å²) in [5.41, 5.74) is 0.0364. The molecule has 2 unspecified atom stereocenters. The molecule has 0 aromatic heterocycles. The minimum Gasteiger partial charge on any atom is -0.198 e. The molecule has 0 aromatic carbocycles. The monoisotopic (exact) mass is 317 g/mol. The van der Waals surface area contributed by atoms with Gasteiger partial charge < -0.3 is 0 Å². The number of hydrogen-bond donors (Lipinski definition) is 0. The molecule has 2 fully saturated rings. The predicted molar refractivity (Wildman–Crippen MR) is 99.1 cm³/mol. The fourth-order valence-corrected chi connectivity index (χ4v) is 5.48. The highest BCUT2D eigenvalue weighted by Crippen LogP contribution is 2.48. The van der Waals surface area contributed by atoms with Gasteiger partial charge in [-0.3, -0.25) is 0 Å².